The molecule has 0 radical (unpaired) electrons. The van der Waals surface area contributed by atoms with E-state index in [1.807, 2.05) is 54.6 Å². The highest BCUT2D eigenvalue weighted by molar-refractivity contribution is 5.31. The van der Waals surface area contributed by atoms with Gasteiger partial charge in [-0.15, -0.1) is 0 Å². The highest BCUT2D eigenvalue weighted by atomic mass is 16.5. The van der Waals surface area contributed by atoms with E-state index in [9.17, 15) is 5.11 Å². The molecule has 0 fully saturated rings. The van der Waals surface area contributed by atoms with Gasteiger partial charge in [0.05, 0.1) is 12.1 Å². The van der Waals surface area contributed by atoms with E-state index in [0.29, 0.717) is 6.61 Å². The predicted molar refractivity (Wildman–Crippen MR) is 75.8 cm³/mol. The van der Waals surface area contributed by atoms with Crippen molar-refractivity contribution >= 4 is 0 Å². The van der Waals surface area contributed by atoms with Gasteiger partial charge in [-0.2, -0.15) is 0 Å². The molecule has 3 nitrogen and oxygen atoms in total. The first-order chi connectivity index (χ1) is 9.16. The maximum atomic E-state index is 9.51. The van der Waals surface area contributed by atoms with Gasteiger partial charge >= 0.3 is 0 Å². The summed E-state index contributed by atoms with van der Waals surface area (Å²) in [6.45, 7) is 2.20. The second-order valence-corrected chi connectivity index (χ2v) is 4.61. The summed E-state index contributed by atoms with van der Waals surface area (Å²) < 4.78 is 5.73. The summed E-state index contributed by atoms with van der Waals surface area (Å²) >= 11 is 0. The molecule has 19 heavy (non-hydrogen) atoms. The minimum atomic E-state index is -0.579. The fourth-order valence-electron chi connectivity index (χ4n) is 1.83. The minimum Gasteiger partial charge on any atom is -0.489 e. The summed E-state index contributed by atoms with van der Waals surface area (Å²) in [5, 5.41) is 9.51. The van der Waals surface area contributed by atoms with Crippen LogP contribution >= 0.6 is 0 Å². The van der Waals surface area contributed by atoms with E-state index in [1.54, 1.807) is 6.92 Å². The van der Waals surface area contributed by atoms with Crippen LogP contribution in [0, 0.1) is 0 Å². The van der Waals surface area contributed by atoms with Crippen LogP contribution in [0.3, 0.4) is 0 Å². The van der Waals surface area contributed by atoms with Crippen molar-refractivity contribution in [3.63, 3.8) is 0 Å². The van der Waals surface area contributed by atoms with Crippen LogP contribution in [0.2, 0.25) is 0 Å². The van der Waals surface area contributed by atoms with E-state index in [4.69, 9.17) is 10.5 Å². The molecule has 2 aromatic carbocycles. The lowest BCUT2D eigenvalue weighted by Gasteiger charge is -2.16. The Bertz CT molecular complexity index is 511. The van der Waals surface area contributed by atoms with Crippen molar-refractivity contribution in [2.45, 2.75) is 25.7 Å². The molecular weight excluding hydrogens is 238 g/mol. The van der Waals surface area contributed by atoms with Crippen molar-refractivity contribution in [3.8, 4) is 5.75 Å². The SMILES string of the molecule is C[C@@H](O)[C@@H](N)c1cccc(OCc2ccccc2)c1. The average molecular weight is 257 g/mol. The van der Waals surface area contributed by atoms with Crippen LogP contribution in [0.25, 0.3) is 0 Å². The van der Waals surface area contributed by atoms with Gasteiger partial charge in [-0.05, 0) is 30.2 Å². The van der Waals surface area contributed by atoms with Crippen LogP contribution in [-0.4, -0.2) is 11.2 Å². The molecule has 0 unspecified atom stereocenters. The summed E-state index contributed by atoms with van der Waals surface area (Å²) in [6, 6.07) is 17.1. The molecule has 0 aromatic heterocycles. The highest BCUT2D eigenvalue weighted by Crippen LogP contribution is 2.20. The first-order valence-corrected chi connectivity index (χ1v) is 6.37. The van der Waals surface area contributed by atoms with Crippen molar-refractivity contribution in [3.05, 3.63) is 65.7 Å². The fourth-order valence-corrected chi connectivity index (χ4v) is 1.83. The molecule has 3 heteroatoms. The maximum absolute atomic E-state index is 9.51. The van der Waals surface area contributed by atoms with Crippen molar-refractivity contribution in [2.24, 2.45) is 5.73 Å². The Morgan fingerprint density at radius 1 is 1.11 bits per heavy atom. The molecule has 0 spiro atoms. The smallest absolute Gasteiger partial charge is 0.120 e. The van der Waals surface area contributed by atoms with E-state index in [1.165, 1.54) is 0 Å². The van der Waals surface area contributed by atoms with Crippen LogP contribution in [0.15, 0.2) is 54.6 Å². The quantitative estimate of drug-likeness (QED) is 0.865. The summed E-state index contributed by atoms with van der Waals surface area (Å²) in [7, 11) is 0. The van der Waals surface area contributed by atoms with E-state index in [-0.39, 0.29) is 6.04 Å². The number of ether oxygens (including phenoxy) is 1. The fraction of sp³-hybridized carbons (Fsp3) is 0.250. The van der Waals surface area contributed by atoms with Crippen molar-refractivity contribution in [1.82, 2.24) is 0 Å². The number of aliphatic hydroxyl groups is 1. The molecule has 0 saturated carbocycles. The molecule has 0 heterocycles. The van der Waals surface area contributed by atoms with E-state index in [0.717, 1.165) is 16.9 Å². The number of benzene rings is 2. The summed E-state index contributed by atoms with van der Waals surface area (Å²) in [5.74, 6) is 0.762. The van der Waals surface area contributed by atoms with Gasteiger partial charge in [-0.3, -0.25) is 0 Å². The minimum absolute atomic E-state index is 0.389. The molecular formula is C16H19NO2. The Hall–Kier alpha value is -1.84. The lowest BCUT2D eigenvalue weighted by atomic mass is 10.0. The largest absolute Gasteiger partial charge is 0.489 e. The second-order valence-electron chi connectivity index (χ2n) is 4.61. The topological polar surface area (TPSA) is 55.5 Å². The highest BCUT2D eigenvalue weighted by Gasteiger charge is 2.12. The van der Waals surface area contributed by atoms with Gasteiger partial charge in [0.15, 0.2) is 0 Å². The Balaban J connectivity index is 2.03. The third-order valence-electron chi connectivity index (χ3n) is 3.01. The lowest BCUT2D eigenvalue weighted by Crippen LogP contribution is -2.23. The number of aliphatic hydroxyl groups excluding tert-OH is 1. The molecule has 0 aliphatic heterocycles. The van der Waals surface area contributed by atoms with Crippen LogP contribution in [0.1, 0.15) is 24.1 Å². The summed E-state index contributed by atoms with van der Waals surface area (Å²) in [6.07, 6.45) is -0.579. The predicted octanol–water partition coefficient (Wildman–Crippen LogP) is 2.65. The zero-order chi connectivity index (χ0) is 13.7. The number of nitrogens with two attached hydrogens (primary N) is 1. The first kappa shape index (κ1) is 13.6. The third kappa shape index (κ3) is 3.81. The van der Waals surface area contributed by atoms with Crippen LogP contribution in [-0.2, 0) is 6.61 Å². The van der Waals surface area contributed by atoms with Crippen LogP contribution in [0.4, 0.5) is 0 Å². The van der Waals surface area contributed by atoms with Crippen molar-refractivity contribution in [2.75, 3.05) is 0 Å². The van der Waals surface area contributed by atoms with Crippen molar-refractivity contribution < 1.29 is 9.84 Å². The Labute approximate surface area is 113 Å². The van der Waals surface area contributed by atoms with Crippen LogP contribution in [0.5, 0.6) is 5.75 Å². The molecule has 100 valence electrons. The Morgan fingerprint density at radius 3 is 2.53 bits per heavy atom. The monoisotopic (exact) mass is 257 g/mol. The van der Waals surface area contributed by atoms with Gasteiger partial charge in [0.25, 0.3) is 0 Å². The number of hydrogen-bond acceptors (Lipinski definition) is 3. The first-order valence-electron chi connectivity index (χ1n) is 6.37. The van der Waals surface area contributed by atoms with Gasteiger partial charge in [0, 0.05) is 0 Å². The third-order valence-corrected chi connectivity index (χ3v) is 3.01. The van der Waals surface area contributed by atoms with Gasteiger partial charge in [-0.25, -0.2) is 0 Å². The molecule has 2 aromatic rings. The van der Waals surface area contributed by atoms with E-state index in [2.05, 4.69) is 0 Å². The summed E-state index contributed by atoms with van der Waals surface area (Å²) in [5.41, 5.74) is 7.90. The van der Waals surface area contributed by atoms with Gasteiger partial charge in [0.1, 0.15) is 12.4 Å². The van der Waals surface area contributed by atoms with Crippen molar-refractivity contribution in [1.29, 1.82) is 0 Å². The lowest BCUT2D eigenvalue weighted by molar-refractivity contribution is 0.164. The van der Waals surface area contributed by atoms with Crippen LogP contribution < -0.4 is 10.5 Å². The molecule has 3 N–H and O–H groups in total. The molecule has 0 bridgehead atoms. The molecule has 2 atom stereocenters. The zero-order valence-corrected chi connectivity index (χ0v) is 11.0. The Kier molecular flexibility index (Phi) is 4.55. The molecule has 0 saturated heterocycles. The summed E-state index contributed by atoms with van der Waals surface area (Å²) in [4.78, 5) is 0. The zero-order valence-electron chi connectivity index (χ0n) is 11.0. The number of rotatable bonds is 5. The number of hydrogen-bond donors (Lipinski definition) is 2. The average Bonchev–Trinajstić information content (AvgIpc) is 2.45. The normalized spacial score (nSPS) is 13.8. The van der Waals surface area contributed by atoms with E-state index >= 15 is 0 Å². The Morgan fingerprint density at radius 2 is 1.84 bits per heavy atom. The van der Waals surface area contributed by atoms with Gasteiger partial charge in [0.2, 0.25) is 0 Å². The van der Waals surface area contributed by atoms with Gasteiger partial charge < -0.3 is 15.6 Å². The molecule has 0 aliphatic rings. The molecule has 0 amide bonds. The maximum Gasteiger partial charge on any atom is 0.120 e. The standard InChI is InChI=1S/C16H19NO2/c1-12(18)16(17)14-8-5-9-15(10-14)19-11-13-6-3-2-4-7-13/h2-10,12,16,18H,11,17H2,1H3/t12-,16-/m1/s1. The van der Waals surface area contributed by atoms with Gasteiger partial charge in [-0.1, -0.05) is 42.5 Å². The molecule has 2 rings (SSSR count). The second kappa shape index (κ2) is 6.36. The van der Waals surface area contributed by atoms with E-state index < -0.39 is 6.10 Å². The molecule has 0 aliphatic carbocycles.